The fourth-order valence-electron chi connectivity index (χ4n) is 4.54. The smallest absolute Gasteiger partial charge is 0.227 e. The van der Waals surface area contributed by atoms with E-state index in [9.17, 15) is 5.11 Å². The Hall–Kier alpha value is -2.86. The standard InChI is InChI=1S/C25H18ClN3OS2/c26-19-8-9-21-16(13-19)5-4-11-29(21)23-22(17-10-12-32-15-17)20(14-27)24(31)28-25(23,30)18-6-2-1-3-7-18/h1-13,15,22-23,27,30H/p+1. The van der Waals surface area contributed by atoms with Gasteiger partial charge in [0.05, 0.1) is 11.5 Å². The van der Waals surface area contributed by atoms with Gasteiger partial charge in [-0.15, -0.1) is 0 Å². The molecule has 1 saturated heterocycles. The number of nitrogens with one attached hydrogen (secondary N) is 2. The lowest BCUT2D eigenvalue weighted by molar-refractivity contribution is -0.720. The molecule has 3 N–H and O–H groups in total. The largest absolute Gasteiger partial charge is 0.362 e. The van der Waals surface area contributed by atoms with Gasteiger partial charge in [0.2, 0.25) is 17.3 Å². The number of hydrogen-bond donors (Lipinski definition) is 3. The topological polar surface area (TPSA) is 60.0 Å². The highest BCUT2D eigenvalue weighted by atomic mass is 35.5. The van der Waals surface area contributed by atoms with Crippen LogP contribution in [0.2, 0.25) is 5.02 Å². The minimum Gasteiger partial charge on any atom is -0.362 e. The molecule has 7 heteroatoms. The first-order valence-corrected chi connectivity index (χ1v) is 11.8. The minimum absolute atomic E-state index is 0.322. The normalized spacial score (nSPS) is 23.1. The highest BCUT2D eigenvalue weighted by Crippen LogP contribution is 2.46. The van der Waals surface area contributed by atoms with E-state index in [4.69, 9.17) is 29.2 Å². The van der Waals surface area contributed by atoms with Gasteiger partial charge in [0, 0.05) is 28.1 Å². The summed E-state index contributed by atoms with van der Waals surface area (Å²) >= 11 is 13.5. The number of rotatable bonds is 3. The van der Waals surface area contributed by atoms with Gasteiger partial charge < -0.3 is 10.4 Å². The van der Waals surface area contributed by atoms with E-state index in [1.807, 2.05) is 88.3 Å². The Balaban J connectivity index is 1.85. The van der Waals surface area contributed by atoms with Crippen molar-refractivity contribution in [2.24, 2.45) is 0 Å². The number of piperidine rings is 1. The van der Waals surface area contributed by atoms with E-state index in [0.29, 0.717) is 21.1 Å². The molecule has 4 aromatic rings. The maximum atomic E-state index is 12.3. The van der Waals surface area contributed by atoms with Crippen molar-refractivity contribution >= 4 is 56.9 Å². The third-order valence-electron chi connectivity index (χ3n) is 5.94. The van der Waals surface area contributed by atoms with Crippen molar-refractivity contribution in [1.29, 1.82) is 5.41 Å². The highest BCUT2D eigenvalue weighted by molar-refractivity contribution is 7.80. The van der Waals surface area contributed by atoms with Gasteiger partial charge in [0.15, 0.2) is 6.20 Å². The Kier molecular flexibility index (Phi) is 5.41. The number of fused-ring (bicyclic) bond motifs is 1. The minimum atomic E-state index is -1.52. The average molecular weight is 477 g/mol. The van der Waals surface area contributed by atoms with E-state index in [0.717, 1.165) is 16.5 Å². The second kappa shape index (κ2) is 8.24. The van der Waals surface area contributed by atoms with E-state index in [-0.39, 0.29) is 5.92 Å². The van der Waals surface area contributed by atoms with Crippen LogP contribution in [0.4, 0.5) is 0 Å². The summed E-state index contributed by atoms with van der Waals surface area (Å²) in [5, 5.41) is 29.1. The molecule has 32 heavy (non-hydrogen) atoms. The Morgan fingerprint density at radius 3 is 2.66 bits per heavy atom. The zero-order chi connectivity index (χ0) is 22.3. The van der Waals surface area contributed by atoms with Crippen LogP contribution in [0.25, 0.3) is 10.9 Å². The lowest BCUT2D eigenvalue weighted by Gasteiger charge is -2.43. The van der Waals surface area contributed by atoms with Crippen molar-refractivity contribution in [1.82, 2.24) is 5.32 Å². The van der Waals surface area contributed by atoms with E-state index in [1.165, 1.54) is 0 Å². The molecule has 2 aromatic heterocycles. The van der Waals surface area contributed by atoms with Gasteiger partial charge in [-0.2, -0.15) is 15.9 Å². The number of thiophene rings is 1. The van der Waals surface area contributed by atoms with Gasteiger partial charge in [-0.25, -0.2) is 0 Å². The third kappa shape index (κ3) is 3.37. The van der Waals surface area contributed by atoms with Gasteiger partial charge in [-0.05, 0) is 46.5 Å². The molecule has 1 fully saturated rings. The summed E-state index contributed by atoms with van der Waals surface area (Å²) in [7, 11) is 0. The summed E-state index contributed by atoms with van der Waals surface area (Å²) in [5.41, 5.74) is 1.60. The van der Waals surface area contributed by atoms with Crippen molar-refractivity contribution in [3.63, 3.8) is 0 Å². The number of pyridine rings is 1. The van der Waals surface area contributed by atoms with E-state index < -0.39 is 11.8 Å². The van der Waals surface area contributed by atoms with Gasteiger partial charge in [-0.3, -0.25) is 5.41 Å². The van der Waals surface area contributed by atoms with Crippen molar-refractivity contribution < 1.29 is 9.67 Å². The predicted octanol–water partition coefficient (Wildman–Crippen LogP) is 5.12. The van der Waals surface area contributed by atoms with Crippen molar-refractivity contribution in [2.75, 3.05) is 0 Å². The number of nitrogens with zero attached hydrogens (tertiary/aromatic N) is 1. The van der Waals surface area contributed by atoms with Crippen LogP contribution in [0.5, 0.6) is 0 Å². The molecule has 1 aliphatic heterocycles. The average Bonchev–Trinajstić information content (AvgIpc) is 3.33. The molecule has 0 radical (unpaired) electrons. The van der Waals surface area contributed by atoms with E-state index in [2.05, 4.69) is 11.2 Å². The fraction of sp³-hybridized carbons (Fsp3) is 0.120. The first-order chi connectivity index (χ1) is 15.5. The highest BCUT2D eigenvalue weighted by Gasteiger charge is 2.57. The molecular weight excluding hydrogens is 458 g/mol. The number of thiocarbonyl (C=S) groups is 1. The molecule has 3 heterocycles. The lowest BCUT2D eigenvalue weighted by atomic mass is 9.75. The van der Waals surface area contributed by atoms with Crippen LogP contribution in [0.1, 0.15) is 23.1 Å². The molecule has 1 aliphatic rings. The molecule has 5 rings (SSSR count). The third-order valence-corrected chi connectivity index (χ3v) is 7.20. The first kappa shape index (κ1) is 21.0. The number of benzene rings is 2. The van der Waals surface area contributed by atoms with Crippen molar-refractivity contribution in [3.8, 4) is 0 Å². The van der Waals surface area contributed by atoms with Crippen LogP contribution < -0.4 is 9.88 Å². The molecule has 2 aromatic carbocycles. The Morgan fingerprint density at radius 2 is 1.94 bits per heavy atom. The molecule has 3 unspecified atom stereocenters. The second-order valence-corrected chi connectivity index (χ2v) is 9.35. The van der Waals surface area contributed by atoms with Crippen LogP contribution >= 0.6 is 35.2 Å². The summed E-state index contributed by atoms with van der Waals surface area (Å²) < 4.78 is 2.05. The summed E-state index contributed by atoms with van der Waals surface area (Å²) in [5.74, 6) is 2.18. The molecule has 158 valence electrons. The first-order valence-electron chi connectivity index (χ1n) is 10.0. The molecule has 0 spiro atoms. The Labute approximate surface area is 199 Å². The molecule has 3 atom stereocenters. The SMILES string of the molecule is N=C=C1C(=S)NC(O)(c2ccccc2)C([n+]2cccc3cc(Cl)ccc32)C1c1ccsc1. The molecular formula is C25H19ClN3OS2+. The molecule has 4 nitrogen and oxygen atoms in total. The maximum Gasteiger partial charge on any atom is 0.227 e. The maximum absolute atomic E-state index is 12.3. The van der Waals surface area contributed by atoms with Gasteiger partial charge in [0.25, 0.3) is 0 Å². The zero-order valence-corrected chi connectivity index (χ0v) is 19.2. The number of aromatic nitrogens is 1. The molecule has 0 aliphatic carbocycles. The summed E-state index contributed by atoms with van der Waals surface area (Å²) in [4.78, 5) is 0.322. The number of aliphatic hydroxyl groups is 1. The summed E-state index contributed by atoms with van der Waals surface area (Å²) in [6, 6.07) is 20.6. The fourth-order valence-corrected chi connectivity index (χ4v) is 5.75. The van der Waals surface area contributed by atoms with Crippen LogP contribution in [0.15, 0.2) is 89.3 Å². The van der Waals surface area contributed by atoms with Crippen molar-refractivity contribution in [2.45, 2.75) is 17.7 Å². The van der Waals surface area contributed by atoms with Crippen LogP contribution in [0.3, 0.4) is 0 Å². The van der Waals surface area contributed by atoms with Gasteiger partial charge >= 0.3 is 0 Å². The van der Waals surface area contributed by atoms with E-state index in [1.54, 1.807) is 11.3 Å². The van der Waals surface area contributed by atoms with Gasteiger partial charge in [0.1, 0.15) is 4.99 Å². The summed E-state index contributed by atoms with van der Waals surface area (Å²) in [6.45, 7) is 0. The van der Waals surface area contributed by atoms with Crippen LogP contribution in [-0.4, -0.2) is 16.0 Å². The Bertz CT molecular complexity index is 1370. The van der Waals surface area contributed by atoms with E-state index >= 15 is 0 Å². The zero-order valence-electron chi connectivity index (χ0n) is 16.8. The lowest BCUT2D eigenvalue weighted by Crippen LogP contribution is -2.65. The van der Waals surface area contributed by atoms with Crippen molar-refractivity contribution in [3.05, 3.63) is 105 Å². The van der Waals surface area contributed by atoms with Crippen LogP contribution in [-0.2, 0) is 5.72 Å². The number of hydrogen-bond acceptors (Lipinski definition) is 4. The van der Waals surface area contributed by atoms with Gasteiger partial charge in [-0.1, -0.05) is 54.2 Å². The van der Waals surface area contributed by atoms with Crippen LogP contribution in [0, 0.1) is 5.41 Å². The predicted molar refractivity (Wildman–Crippen MR) is 133 cm³/mol. The number of halogens is 1. The summed E-state index contributed by atoms with van der Waals surface area (Å²) in [6.07, 6.45) is 1.95. The molecule has 0 bridgehead atoms. The Morgan fingerprint density at radius 1 is 1.12 bits per heavy atom. The molecule has 0 amide bonds. The monoisotopic (exact) mass is 476 g/mol. The molecule has 0 saturated carbocycles. The quantitative estimate of drug-likeness (QED) is 0.166. The second-order valence-electron chi connectivity index (χ2n) is 7.72.